The van der Waals surface area contributed by atoms with E-state index in [0.717, 1.165) is 25.0 Å². The van der Waals surface area contributed by atoms with E-state index in [2.05, 4.69) is 15.5 Å². The van der Waals surface area contributed by atoms with E-state index in [-0.39, 0.29) is 0 Å². The zero-order valence-corrected chi connectivity index (χ0v) is 9.53. The molecule has 0 spiro atoms. The van der Waals surface area contributed by atoms with Crippen molar-refractivity contribution in [1.29, 1.82) is 0 Å². The Morgan fingerprint density at radius 2 is 1.83 bits per heavy atom. The summed E-state index contributed by atoms with van der Waals surface area (Å²) in [6.07, 6.45) is 2.32. The van der Waals surface area contributed by atoms with Crippen LogP contribution in [0.4, 0.5) is 14.6 Å². The third-order valence-corrected chi connectivity index (χ3v) is 2.81. The van der Waals surface area contributed by atoms with Gasteiger partial charge in [-0.1, -0.05) is 0 Å². The predicted molar refractivity (Wildman–Crippen MR) is 64.0 cm³/mol. The van der Waals surface area contributed by atoms with Gasteiger partial charge < -0.3 is 5.32 Å². The van der Waals surface area contributed by atoms with Gasteiger partial charge in [-0.05, 0) is 43.2 Å². The topological polar surface area (TPSA) is 37.8 Å². The highest BCUT2D eigenvalue weighted by molar-refractivity contribution is 5.59. The summed E-state index contributed by atoms with van der Waals surface area (Å²) in [5.41, 5.74) is 1.04. The lowest BCUT2D eigenvalue weighted by Crippen LogP contribution is -2.03. The molecule has 3 nitrogen and oxygen atoms in total. The number of anilines is 1. The molecule has 1 fully saturated rings. The first kappa shape index (κ1) is 11.1. The summed E-state index contributed by atoms with van der Waals surface area (Å²) >= 11 is 0. The number of benzene rings is 1. The summed E-state index contributed by atoms with van der Waals surface area (Å²) in [5, 5.41) is 11.2. The Kier molecular flexibility index (Phi) is 2.66. The lowest BCUT2D eigenvalue weighted by atomic mass is 10.1. The average Bonchev–Trinajstić information content (AvgIpc) is 3.18. The first-order chi connectivity index (χ1) is 8.72. The molecule has 3 rings (SSSR count). The Morgan fingerprint density at radius 1 is 1.00 bits per heavy atom. The summed E-state index contributed by atoms with van der Waals surface area (Å²) in [4.78, 5) is 0. The van der Waals surface area contributed by atoms with E-state index >= 15 is 0 Å². The summed E-state index contributed by atoms with van der Waals surface area (Å²) in [6, 6.07) is 7.73. The van der Waals surface area contributed by atoms with E-state index in [1.54, 1.807) is 12.1 Å². The maximum Gasteiger partial charge on any atom is 0.159 e. The van der Waals surface area contributed by atoms with Crippen LogP contribution in [-0.2, 0) is 0 Å². The molecule has 5 heteroatoms. The monoisotopic (exact) mass is 247 g/mol. The SMILES string of the molecule is Fc1ccc(-c2ccc(NC3CC3)nn2)cc1F. The molecule has 0 saturated heterocycles. The van der Waals surface area contributed by atoms with Crippen molar-refractivity contribution in [2.24, 2.45) is 0 Å². The van der Waals surface area contributed by atoms with Gasteiger partial charge in [0.2, 0.25) is 0 Å². The number of rotatable bonds is 3. The second-order valence-corrected chi connectivity index (χ2v) is 4.35. The molecular weight excluding hydrogens is 236 g/mol. The van der Waals surface area contributed by atoms with Gasteiger partial charge in [0.25, 0.3) is 0 Å². The molecule has 0 atom stereocenters. The van der Waals surface area contributed by atoms with Crippen LogP contribution in [0.2, 0.25) is 0 Å². The van der Waals surface area contributed by atoms with Crippen LogP contribution in [0, 0.1) is 11.6 Å². The largest absolute Gasteiger partial charge is 0.366 e. The van der Waals surface area contributed by atoms with Crippen molar-refractivity contribution in [3.8, 4) is 11.3 Å². The smallest absolute Gasteiger partial charge is 0.159 e. The molecule has 18 heavy (non-hydrogen) atoms. The first-order valence-electron chi connectivity index (χ1n) is 5.78. The highest BCUT2D eigenvalue weighted by Gasteiger charge is 2.21. The molecule has 1 aromatic heterocycles. The van der Waals surface area contributed by atoms with Crippen molar-refractivity contribution in [3.05, 3.63) is 42.0 Å². The molecule has 0 bridgehead atoms. The zero-order chi connectivity index (χ0) is 12.5. The van der Waals surface area contributed by atoms with E-state index in [4.69, 9.17) is 0 Å². The quantitative estimate of drug-likeness (QED) is 0.906. The molecule has 1 aromatic carbocycles. The fourth-order valence-corrected chi connectivity index (χ4v) is 1.66. The molecule has 0 amide bonds. The highest BCUT2D eigenvalue weighted by atomic mass is 19.2. The maximum atomic E-state index is 13.1. The third kappa shape index (κ3) is 2.30. The molecule has 1 N–H and O–H groups in total. The molecule has 1 saturated carbocycles. The van der Waals surface area contributed by atoms with Gasteiger partial charge in [0.05, 0.1) is 5.69 Å². The van der Waals surface area contributed by atoms with E-state index in [9.17, 15) is 8.78 Å². The Balaban J connectivity index is 1.84. The zero-order valence-electron chi connectivity index (χ0n) is 9.53. The van der Waals surface area contributed by atoms with E-state index in [0.29, 0.717) is 23.1 Å². The highest BCUT2D eigenvalue weighted by Crippen LogP contribution is 2.24. The van der Waals surface area contributed by atoms with Crippen molar-refractivity contribution in [1.82, 2.24) is 10.2 Å². The number of halogens is 2. The standard InChI is InChI=1S/C13H11F2N3/c14-10-4-1-8(7-11(10)15)12-5-6-13(18-17-12)16-9-2-3-9/h1,4-7,9H,2-3H2,(H,16,18). The fraction of sp³-hybridized carbons (Fsp3) is 0.231. The van der Waals surface area contributed by atoms with Gasteiger partial charge in [0, 0.05) is 11.6 Å². The minimum absolute atomic E-state index is 0.508. The molecule has 1 heterocycles. The van der Waals surface area contributed by atoms with E-state index in [1.165, 1.54) is 6.07 Å². The first-order valence-corrected chi connectivity index (χ1v) is 5.78. The Labute approximate surface area is 103 Å². The molecule has 1 aliphatic carbocycles. The summed E-state index contributed by atoms with van der Waals surface area (Å²) in [5.74, 6) is -1.03. The van der Waals surface area contributed by atoms with Crippen molar-refractivity contribution in [2.45, 2.75) is 18.9 Å². The third-order valence-electron chi connectivity index (χ3n) is 2.81. The number of aromatic nitrogens is 2. The van der Waals surface area contributed by atoms with Gasteiger partial charge in [-0.15, -0.1) is 10.2 Å². The van der Waals surface area contributed by atoms with E-state index < -0.39 is 11.6 Å². The van der Waals surface area contributed by atoms with Crippen molar-refractivity contribution in [3.63, 3.8) is 0 Å². The molecule has 0 aliphatic heterocycles. The van der Waals surface area contributed by atoms with Crippen LogP contribution in [-0.4, -0.2) is 16.2 Å². The second kappa shape index (κ2) is 4.33. The van der Waals surface area contributed by atoms with Gasteiger partial charge >= 0.3 is 0 Å². The average molecular weight is 247 g/mol. The number of hydrogen-bond donors (Lipinski definition) is 1. The van der Waals surface area contributed by atoms with Crippen LogP contribution in [0.1, 0.15) is 12.8 Å². The fourth-order valence-electron chi connectivity index (χ4n) is 1.66. The normalized spacial score (nSPS) is 14.6. The van der Waals surface area contributed by atoms with Gasteiger partial charge in [-0.2, -0.15) is 0 Å². The van der Waals surface area contributed by atoms with Gasteiger partial charge in [0.1, 0.15) is 5.82 Å². The lowest BCUT2D eigenvalue weighted by Gasteiger charge is -2.04. The molecule has 1 aliphatic rings. The van der Waals surface area contributed by atoms with Gasteiger partial charge in [-0.25, -0.2) is 8.78 Å². The molecule has 2 aromatic rings. The minimum Gasteiger partial charge on any atom is -0.366 e. The molecular formula is C13H11F2N3. The Hall–Kier alpha value is -2.04. The molecule has 0 unspecified atom stereocenters. The van der Waals surface area contributed by atoms with Crippen LogP contribution >= 0.6 is 0 Å². The van der Waals surface area contributed by atoms with Gasteiger partial charge in [-0.3, -0.25) is 0 Å². The number of hydrogen-bond acceptors (Lipinski definition) is 3. The maximum absolute atomic E-state index is 13.1. The van der Waals surface area contributed by atoms with Crippen molar-refractivity contribution in [2.75, 3.05) is 5.32 Å². The lowest BCUT2D eigenvalue weighted by molar-refractivity contribution is 0.509. The van der Waals surface area contributed by atoms with Crippen LogP contribution in [0.15, 0.2) is 30.3 Å². The summed E-state index contributed by atoms with van der Waals surface area (Å²) < 4.78 is 25.9. The van der Waals surface area contributed by atoms with Gasteiger partial charge in [0.15, 0.2) is 11.6 Å². The second-order valence-electron chi connectivity index (χ2n) is 4.35. The van der Waals surface area contributed by atoms with Crippen LogP contribution < -0.4 is 5.32 Å². The number of nitrogens with one attached hydrogen (secondary N) is 1. The molecule has 92 valence electrons. The number of nitrogens with zero attached hydrogens (tertiary/aromatic N) is 2. The van der Waals surface area contributed by atoms with Crippen molar-refractivity contribution < 1.29 is 8.78 Å². The van der Waals surface area contributed by atoms with Crippen LogP contribution in [0.3, 0.4) is 0 Å². The Bertz CT molecular complexity index is 565. The van der Waals surface area contributed by atoms with Crippen LogP contribution in [0.5, 0.6) is 0 Å². The predicted octanol–water partition coefficient (Wildman–Crippen LogP) is 3.00. The van der Waals surface area contributed by atoms with E-state index in [1.807, 2.05) is 0 Å². The molecule has 0 radical (unpaired) electrons. The summed E-state index contributed by atoms with van der Waals surface area (Å²) in [6.45, 7) is 0. The Morgan fingerprint density at radius 3 is 2.44 bits per heavy atom. The van der Waals surface area contributed by atoms with Crippen LogP contribution in [0.25, 0.3) is 11.3 Å². The van der Waals surface area contributed by atoms with Crippen molar-refractivity contribution >= 4 is 5.82 Å². The minimum atomic E-state index is -0.880. The summed E-state index contributed by atoms with van der Waals surface area (Å²) in [7, 11) is 0.